The Balaban J connectivity index is 1.43. The van der Waals surface area contributed by atoms with Crippen LogP contribution in [0.5, 0.6) is 23.0 Å². The van der Waals surface area contributed by atoms with E-state index in [2.05, 4.69) is 13.0 Å². The van der Waals surface area contributed by atoms with Crippen molar-refractivity contribution in [3.8, 4) is 23.0 Å². The average molecular weight is 342 g/mol. The molecule has 5 heteroatoms. The van der Waals surface area contributed by atoms with Crippen LogP contribution in [0.2, 0.25) is 0 Å². The molecule has 2 atom stereocenters. The fourth-order valence-electron chi connectivity index (χ4n) is 3.42. The van der Waals surface area contributed by atoms with Gasteiger partial charge in [0.15, 0.2) is 23.0 Å². The summed E-state index contributed by atoms with van der Waals surface area (Å²) >= 11 is 0. The number of fused-ring (bicyclic) bond motifs is 2. The number of rotatable bonds is 6. The summed E-state index contributed by atoms with van der Waals surface area (Å²) in [5.41, 5.74) is 2.35. The van der Waals surface area contributed by atoms with Gasteiger partial charge >= 0.3 is 0 Å². The third-order valence-corrected chi connectivity index (χ3v) is 4.97. The molecule has 2 heterocycles. The van der Waals surface area contributed by atoms with E-state index >= 15 is 0 Å². The lowest BCUT2D eigenvalue weighted by molar-refractivity contribution is 0.173. The lowest BCUT2D eigenvalue weighted by atomic mass is 9.84. The van der Waals surface area contributed by atoms with Gasteiger partial charge in [0.1, 0.15) is 0 Å². The number of ether oxygens (including phenoxy) is 4. The van der Waals surface area contributed by atoms with E-state index < -0.39 is 0 Å². The van der Waals surface area contributed by atoms with Crippen molar-refractivity contribution in [1.29, 1.82) is 0 Å². The third-order valence-electron chi connectivity index (χ3n) is 4.97. The highest BCUT2D eigenvalue weighted by Gasteiger charge is 2.21. The van der Waals surface area contributed by atoms with E-state index in [-0.39, 0.29) is 26.1 Å². The molecule has 2 aliphatic heterocycles. The molecule has 0 saturated heterocycles. The molecule has 0 amide bonds. The molecule has 2 aromatic carbocycles. The molecule has 0 aromatic heterocycles. The van der Waals surface area contributed by atoms with E-state index in [1.165, 1.54) is 5.56 Å². The SMILES string of the molecule is CC(Cc1ccc2c(c1)OCO2)C(CO)Cc1ccc2c(c1)OCO2. The van der Waals surface area contributed by atoms with Crippen molar-refractivity contribution in [3.05, 3.63) is 47.5 Å². The maximum atomic E-state index is 9.88. The van der Waals surface area contributed by atoms with E-state index in [1.807, 2.05) is 30.3 Å². The Morgan fingerprint density at radius 3 is 1.88 bits per heavy atom. The minimum Gasteiger partial charge on any atom is -0.454 e. The molecule has 2 aromatic rings. The predicted octanol–water partition coefficient (Wildman–Crippen LogP) is 3.17. The predicted molar refractivity (Wildman–Crippen MR) is 92.3 cm³/mol. The Morgan fingerprint density at radius 1 is 0.800 bits per heavy atom. The Labute approximate surface area is 147 Å². The fraction of sp³-hybridized carbons (Fsp3) is 0.400. The summed E-state index contributed by atoms with van der Waals surface area (Å²) in [6.45, 7) is 2.90. The molecule has 4 rings (SSSR count). The highest BCUT2D eigenvalue weighted by atomic mass is 16.7. The second-order valence-corrected chi connectivity index (χ2v) is 6.70. The summed E-state index contributed by atoms with van der Waals surface area (Å²) in [5, 5.41) is 9.88. The summed E-state index contributed by atoms with van der Waals surface area (Å²) in [5.74, 6) is 3.69. The summed E-state index contributed by atoms with van der Waals surface area (Å²) in [4.78, 5) is 0. The number of aliphatic hydroxyl groups excluding tert-OH is 1. The van der Waals surface area contributed by atoms with Crippen molar-refractivity contribution in [2.45, 2.75) is 19.8 Å². The van der Waals surface area contributed by atoms with Crippen LogP contribution in [-0.2, 0) is 12.8 Å². The molecular weight excluding hydrogens is 320 g/mol. The lowest BCUT2D eigenvalue weighted by Gasteiger charge is -2.22. The van der Waals surface area contributed by atoms with Crippen molar-refractivity contribution in [2.75, 3.05) is 20.2 Å². The maximum absolute atomic E-state index is 9.88. The van der Waals surface area contributed by atoms with Crippen LogP contribution in [0.1, 0.15) is 18.1 Å². The van der Waals surface area contributed by atoms with Gasteiger partial charge < -0.3 is 24.1 Å². The van der Waals surface area contributed by atoms with Gasteiger partial charge in [0.05, 0.1) is 0 Å². The van der Waals surface area contributed by atoms with Crippen molar-refractivity contribution in [2.24, 2.45) is 11.8 Å². The summed E-state index contributed by atoms with van der Waals surface area (Å²) in [6, 6.07) is 12.1. The monoisotopic (exact) mass is 342 g/mol. The molecule has 25 heavy (non-hydrogen) atoms. The van der Waals surface area contributed by atoms with Gasteiger partial charge in [-0.15, -0.1) is 0 Å². The Hall–Kier alpha value is -2.40. The van der Waals surface area contributed by atoms with Crippen LogP contribution in [0.4, 0.5) is 0 Å². The molecule has 0 saturated carbocycles. The van der Waals surface area contributed by atoms with Gasteiger partial charge in [0.2, 0.25) is 13.6 Å². The second-order valence-electron chi connectivity index (χ2n) is 6.70. The molecule has 2 aliphatic rings. The first-order chi connectivity index (χ1) is 12.2. The average Bonchev–Trinajstić information content (AvgIpc) is 3.27. The molecule has 0 spiro atoms. The molecular formula is C20H22O5. The highest BCUT2D eigenvalue weighted by Crippen LogP contribution is 2.35. The Kier molecular flexibility index (Phi) is 4.40. The van der Waals surface area contributed by atoms with Gasteiger partial charge in [-0.2, -0.15) is 0 Å². The molecule has 0 aliphatic carbocycles. The van der Waals surface area contributed by atoms with Crippen LogP contribution < -0.4 is 18.9 Å². The largest absolute Gasteiger partial charge is 0.454 e. The topological polar surface area (TPSA) is 57.2 Å². The zero-order chi connectivity index (χ0) is 17.2. The Bertz CT molecular complexity index is 758. The molecule has 2 unspecified atom stereocenters. The number of aliphatic hydroxyl groups is 1. The molecule has 132 valence electrons. The molecule has 0 bridgehead atoms. The van der Waals surface area contributed by atoms with Crippen molar-refractivity contribution in [1.82, 2.24) is 0 Å². The summed E-state index contributed by atoms with van der Waals surface area (Å²) in [6.07, 6.45) is 1.69. The smallest absolute Gasteiger partial charge is 0.231 e. The van der Waals surface area contributed by atoms with Gasteiger partial charge in [-0.25, -0.2) is 0 Å². The zero-order valence-electron chi connectivity index (χ0n) is 14.2. The van der Waals surface area contributed by atoms with Crippen molar-refractivity contribution >= 4 is 0 Å². The fourth-order valence-corrected chi connectivity index (χ4v) is 3.42. The molecule has 1 N–H and O–H groups in total. The second kappa shape index (κ2) is 6.84. The molecule has 0 radical (unpaired) electrons. The van der Waals surface area contributed by atoms with Crippen LogP contribution >= 0.6 is 0 Å². The minimum absolute atomic E-state index is 0.153. The van der Waals surface area contributed by atoms with E-state index in [1.54, 1.807) is 0 Å². The highest BCUT2D eigenvalue weighted by molar-refractivity contribution is 5.45. The maximum Gasteiger partial charge on any atom is 0.231 e. The van der Waals surface area contributed by atoms with Crippen LogP contribution in [0, 0.1) is 11.8 Å². The van der Waals surface area contributed by atoms with Gasteiger partial charge in [-0.1, -0.05) is 19.1 Å². The number of benzene rings is 2. The van der Waals surface area contributed by atoms with Crippen LogP contribution in [0.3, 0.4) is 0 Å². The van der Waals surface area contributed by atoms with Crippen molar-refractivity contribution in [3.63, 3.8) is 0 Å². The first kappa shape index (κ1) is 16.1. The first-order valence-corrected chi connectivity index (χ1v) is 8.61. The number of hydrogen-bond acceptors (Lipinski definition) is 5. The van der Waals surface area contributed by atoms with Gasteiger partial charge in [0.25, 0.3) is 0 Å². The van der Waals surface area contributed by atoms with E-state index in [4.69, 9.17) is 18.9 Å². The van der Waals surface area contributed by atoms with Gasteiger partial charge in [0, 0.05) is 6.61 Å². The first-order valence-electron chi connectivity index (χ1n) is 8.61. The summed E-state index contributed by atoms with van der Waals surface area (Å²) in [7, 11) is 0. The minimum atomic E-state index is 0.153. The van der Waals surface area contributed by atoms with Gasteiger partial charge in [-0.3, -0.25) is 0 Å². The molecule has 5 nitrogen and oxygen atoms in total. The summed E-state index contributed by atoms with van der Waals surface area (Å²) < 4.78 is 21.6. The Morgan fingerprint density at radius 2 is 1.32 bits per heavy atom. The van der Waals surface area contributed by atoms with E-state index in [0.29, 0.717) is 5.92 Å². The normalized spacial score (nSPS) is 16.7. The van der Waals surface area contributed by atoms with Crippen LogP contribution in [0.15, 0.2) is 36.4 Å². The van der Waals surface area contributed by atoms with Crippen LogP contribution in [-0.4, -0.2) is 25.3 Å². The quantitative estimate of drug-likeness (QED) is 0.874. The van der Waals surface area contributed by atoms with Crippen LogP contribution in [0.25, 0.3) is 0 Å². The van der Waals surface area contributed by atoms with Gasteiger partial charge in [-0.05, 0) is 60.1 Å². The van der Waals surface area contributed by atoms with Crippen molar-refractivity contribution < 1.29 is 24.1 Å². The third kappa shape index (κ3) is 3.37. The standard InChI is InChI=1S/C20H22O5/c1-13(6-14-2-4-17-19(8-14)24-11-22-17)16(10-21)7-15-3-5-18-20(9-15)25-12-23-18/h2-5,8-9,13,16,21H,6-7,10-12H2,1H3. The number of hydrogen-bond donors (Lipinski definition) is 1. The van der Waals surface area contributed by atoms with E-state index in [0.717, 1.165) is 41.4 Å². The lowest BCUT2D eigenvalue weighted by Crippen LogP contribution is -2.20. The van der Waals surface area contributed by atoms with E-state index in [9.17, 15) is 5.11 Å². The molecule has 0 fully saturated rings. The zero-order valence-corrected chi connectivity index (χ0v) is 14.2.